The molecule has 4 nitrogen and oxygen atoms in total. The zero-order valence-corrected chi connectivity index (χ0v) is 7.58. The van der Waals surface area contributed by atoms with Crippen molar-refractivity contribution in [1.82, 2.24) is 4.98 Å². The van der Waals surface area contributed by atoms with Crippen LogP contribution in [0.1, 0.15) is 10.5 Å². The van der Waals surface area contributed by atoms with Gasteiger partial charge in [-0.2, -0.15) is 0 Å². The highest BCUT2D eigenvalue weighted by Crippen LogP contribution is 2.13. The van der Waals surface area contributed by atoms with Crippen LogP contribution in [-0.4, -0.2) is 10.9 Å². The van der Waals surface area contributed by atoms with Gasteiger partial charge >= 0.3 is 0 Å². The molecule has 1 aromatic carbocycles. The molecule has 0 saturated carbocycles. The van der Waals surface area contributed by atoms with Crippen LogP contribution in [0.15, 0.2) is 29.1 Å². The lowest BCUT2D eigenvalue weighted by molar-refractivity contribution is 0.0995. The van der Waals surface area contributed by atoms with Crippen molar-refractivity contribution in [2.45, 2.75) is 0 Å². The maximum atomic E-state index is 13.2. The van der Waals surface area contributed by atoms with E-state index in [1.54, 1.807) is 6.07 Å². The summed E-state index contributed by atoms with van der Waals surface area (Å²) < 4.78 is 13.2. The number of H-pyrrole nitrogens is 1. The molecule has 0 unspecified atom stereocenters. The number of aromatic nitrogens is 1. The number of primary amides is 1. The molecule has 76 valence electrons. The molecule has 0 bridgehead atoms. The van der Waals surface area contributed by atoms with Crippen molar-refractivity contribution in [2.24, 2.45) is 5.73 Å². The summed E-state index contributed by atoms with van der Waals surface area (Å²) in [6.45, 7) is 0. The van der Waals surface area contributed by atoms with Gasteiger partial charge in [0.15, 0.2) is 0 Å². The van der Waals surface area contributed by atoms with Gasteiger partial charge < -0.3 is 10.7 Å². The van der Waals surface area contributed by atoms with Gasteiger partial charge in [-0.15, -0.1) is 0 Å². The Labute approximate surface area is 83.5 Å². The molecule has 0 aliphatic heterocycles. The zero-order valence-electron chi connectivity index (χ0n) is 7.58. The summed E-state index contributed by atoms with van der Waals surface area (Å²) in [6.07, 6.45) is 0. The fourth-order valence-electron chi connectivity index (χ4n) is 1.41. The number of aromatic amines is 1. The predicted octanol–water partition coefficient (Wildman–Crippen LogP) is 0.766. The molecule has 0 aliphatic rings. The molecule has 0 radical (unpaired) electrons. The Morgan fingerprint density at radius 2 is 2.13 bits per heavy atom. The number of hydrogen-bond donors (Lipinski definition) is 2. The highest BCUT2D eigenvalue weighted by Gasteiger charge is 2.08. The van der Waals surface area contributed by atoms with Crippen LogP contribution < -0.4 is 11.3 Å². The molecule has 15 heavy (non-hydrogen) atoms. The molecule has 0 atom stereocenters. The molecule has 2 rings (SSSR count). The predicted molar refractivity (Wildman–Crippen MR) is 53.0 cm³/mol. The first-order chi connectivity index (χ1) is 7.09. The van der Waals surface area contributed by atoms with E-state index in [1.165, 1.54) is 18.2 Å². The Morgan fingerprint density at radius 3 is 2.80 bits per heavy atom. The molecule has 0 aliphatic carbocycles. The summed E-state index contributed by atoms with van der Waals surface area (Å²) >= 11 is 0. The van der Waals surface area contributed by atoms with Gasteiger partial charge in [-0.1, -0.05) is 12.1 Å². The van der Waals surface area contributed by atoms with Crippen molar-refractivity contribution in [3.05, 3.63) is 46.1 Å². The summed E-state index contributed by atoms with van der Waals surface area (Å²) in [5.74, 6) is -1.37. The first kappa shape index (κ1) is 9.39. The molecule has 3 N–H and O–H groups in total. The summed E-state index contributed by atoms with van der Waals surface area (Å²) in [7, 11) is 0. The van der Waals surface area contributed by atoms with Gasteiger partial charge in [0, 0.05) is 0 Å². The summed E-state index contributed by atoms with van der Waals surface area (Å²) in [4.78, 5) is 24.5. The quantitative estimate of drug-likeness (QED) is 0.722. The first-order valence-corrected chi connectivity index (χ1v) is 4.21. The van der Waals surface area contributed by atoms with E-state index >= 15 is 0 Å². The number of amides is 1. The molecule has 1 aromatic heterocycles. The standard InChI is InChI=1S/C10H7FN2O2/c11-6-3-1-2-5-4-7(9(12)14)13-10(15)8(5)6/h1-4H,(H2,12,14)(H,13,15). The van der Waals surface area contributed by atoms with E-state index in [-0.39, 0.29) is 11.1 Å². The Kier molecular flexibility index (Phi) is 2.00. The summed E-state index contributed by atoms with van der Waals surface area (Å²) in [6, 6.07) is 5.53. The molecule has 0 spiro atoms. The van der Waals surface area contributed by atoms with Gasteiger partial charge in [0.25, 0.3) is 11.5 Å². The Morgan fingerprint density at radius 1 is 1.40 bits per heavy atom. The average Bonchev–Trinajstić information content (AvgIpc) is 2.17. The largest absolute Gasteiger partial charge is 0.364 e. The van der Waals surface area contributed by atoms with Crippen molar-refractivity contribution in [3.63, 3.8) is 0 Å². The van der Waals surface area contributed by atoms with Gasteiger partial charge in [-0.3, -0.25) is 9.59 Å². The van der Waals surface area contributed by atoms with Crippen molar-refractivity contribution >= 4 is 16.7 Å². The van der Waals surface area contributed by atoms with E-state index in [1.807, 2.05) is 0 Å². The van der Waals surface area contributed by atoms with Crippen LogP contribution in [0.5, 0.6) is 0 Å². The minimum Gasteiger partial charge on any atom is -0.364 e. The lowest BCUT2D eigenvalue weighted by Crippen LogP contribution is -2.19. The van der Waals surface area contributed by atoms with Crippen LogP contribution in [0, 0.1) is 5.82 Å². The maximum absolute atomic E-state index is 13.2. The summed E-state index contributed by atoms with van der Waals surface area (Å²) in [5, 5.41) is 0.287. The highest BCUT2D eigenvalue weighted by atomic mass is 19.1. The number of carbonyl (C=O) groups is 1. The van der Waals surface area contributed by atoms with Crippen LogP contribution in [0.25, 0.3) is 10.8 Å². The van der Waals surface area contributed by atoms with Crippen molar-refractivity contribution in [1.29, 1.82) is 0 Å². The van der Waals surface area contributed by atoms with Crippen LogP contribution >= 0.6 is 0 Å². The second-order valence-electron chi connectivity index (χ2n) is 3.08. The van der Waals surface area contributed by atoms with E-state index in [0.29, 0.717) is 5.39 Å². The number of hydrogen-bond acceptors (Lipinski definition) is 2. The van der Waals surface area contributed by atoms with E-state index in [0.717, 1.165) is 0 Å². The van der Waals surface area contributed by atoms with Crippen molar-refractivity contribution < 1.29 is 9.18 Å². The van der Waals surface area contributed by atoms with Gasteiger partial charge in [0.1, 0.15) is 11.5 Å². The Bertz CT molecular complexity index is 604. The monoisotopic (exact) mass is 206 g/mol. The number of benzene rings is 1. The van der Waals surface area contributed by atoms with E-state index in [4.69, 9.17) is 5.73 Å². The number of nitrogens with two attached hydrogens (primary N) is 1. The molecular weight excluding hydrogens is 199 g/mol. The molecule has 0 saturated heterocycles. The second-order valence-corrected chi connectivity index (χ2v) is 3.08. The maximum Gasteiger partial charge on any atom is 0.265 e. The number of fused-ring (bicyclic) bond motifs is 1. The number of nitrogens with one attached hydrogen (secondary N) is 1. The molecule has 0 fully saturated rings. The number of rotatable bonds is 1. The number of pyridine rings is 1. The van der Waals surface area contributed by atoms with Gasteiger partial charge in [0.2, 0.25) is 0 Å². The SMILES string of the molecule is NC(=O)c1cc2cccc(F)c2c(=O)[nH]1. The van der Waals surface area contributed by atoms with E-state index < -0.39 is 17.3 Å². The third-order valence-corrected chi connectivity index (χ3v) is 2.09. The van der Waals surface area contributed by atoms with Crippen molar-refractivity contribution in [2.75, 3.05) is 0 Å². The second kappa shape index (κ2) is 3.20. The lowest BCUT2D eigenvalue weighted by atomic mass is 10.1. The zero-order chi connectivity index (χ0) is 11.0. The Hall–Kier alpha value is -2.17. The van der Waals surface area contributed by atoms with Crippen LogP contribution in [0.4, 0.5) is 4.39 Å². The van der Waals surface area contributed by atoms with Crippen LogP contribution in [-0.2, 0) is 0 Å². The minimum absolute atomic E-state index is 0.0295. The molecule has 2 aromatic rings. The topological polar surface area (TPSA) is 76.0 Å². The normalized spacial score (nSPS) is 10.5. The lowest BCUT2D eigenvalue weighted by Gasteiger charge is -2.00. The molecule has 1 amide bonds. The third-order valence-electron chi connectivity index (χ3n) is 2.09. The fourth-order valence-corrected chi connectivity index (χ4v) is 1.41. The van der Waals surface area contributed by atoms with Gasteiger partial charge in [0.05, 0.1) is 5.39 Å². The average molecular weight is 206 g/mol. The van der Waals surface area contributed by atoms with Gasteiger partial charge in [-0.05, 0) is 17.5 Å². The fraction of sp³-hybridized carbons (Fsp3) is 0. The number of halogens is 1. The minimum atomic E-state index is -0.752. The van der Waals surface area contributed by atoms with Crippen LogP contribution in [0.2, 0.25) is 0 Å². The van der Waals surface area contributed by atoms with E-state index in [9.17, 15) is 14.0 Å². The van der Waals surface area contributed by atoms with Crippen LogP contribution in [0.3, 0.4) is 0 Å². The smallest absolute Gasteiger partial charge is 0.265 e. The molecule has 5 heteroatoms. The Balaban J connectivity index is 2.91. The van der Waals surface area contributed by atoms with Crippen molar-refractivity contribution in [3.8, 4) is 0 Å². The molecular formula is C10H7FN2O2. The summed E-state index contributed by atoms with van der Waals surface area (Å²) in [5.41, 5.74) is 4.33. The highest BCUT2D eigenvalue weighted by molar-refractivity contribution is 5.95. The first-order valence-electron chi connectivity index (χ1n) is 4.21. The third kappa shape index (κ3) is 1.48. The number of carbonyl (C=O) groups excluding carboxylic acids is 1. The van der Waals surface area contributed by atoms with Gasteiger partial charge in [-0.25, -0.2) is 4.39 Å². The van der Waals surface area contributed by atoms with E-state index in [2.05, 4.69) is 4.98 Å². The molecule has 1 heterocycles.